The van der Waals surface area contributed by atoms with Crippen molar-refractivity contribution in [3.05, 3.63) is 29.3 Å². The standard InChI is InChI=1S/C13H16N4S/c18-13-16-15-12(11-5-2-7-14-9-11)17(13)8-6-10-3-1-4-10/h2,5,7,9-10H,1,3-4,6,8H2,(H,16,18). The Morgan fingerprint density at radius 2 is 2.33 bits per heavy atom. The largest absolute Gasteiger partial charge is 0.300 e. The number of pyridine rings is 1. The lowest BCUT2D eigenvalue weighted by Gasteiger charge is -2.25. The fourth-order valence-electron chi connectivity index (χ4n) is 2.33. The van der Waals surface area contributed by atoms with E-state index in [1.54, 1.807) is 6.20 Å². The topological polar surface area (TPSA) is 46.5 Å². The molecule has 0 aliphatic heterocycles. The third-order valence-corrected chi connectivity index (χ3v) is 3.98. The molecule has 0 amide bonds. The normalized spacial score (nSPS) is 15.6. The van der Waals surface area contributed by atoms with Gasteiger partial charge in [0.05, 0.1) is 0 Å². The van der Waals surface area contributed by atoms with Gasteiger partial charge in [-0.25, -0.2) is 0 Å². The van der Waals surface area contributed by atoms with Crippen LogP contribution in [0.3, 0.4) is 0 Å². The van der Waals surface area contributed by atoms with Crippen LogP contribution in [0.5, 0.6) is 0 Å². The van der Waals surface area contributed by atoms with Crippen LogP contribution in [0.4, 0.5) is 0 Å². The summed E-state index contributed by atoms with van der Waals surface area (Å²) < 4.78 is 2.79. The average molecular weight is 260 g/mol. The first-order valence-electron chi connectivity index (χ1n) is 6.40. The van der Waals surface area contributed by atoms with Gasteiger partial charge in [-0.1, -0.05) is 19.3 Å². The van der Waals surface area contributed by atoms with Crippen molar-refractivity contribution in [1.29, 1.82) is 0 Å². The van der Waals surface area contributed by atoms with E-state index >= 15 is 0 Å². The van der Waals surface area contributed by atoms with E-state index in [1.165, 1.54) is 25.7 Å². The van der Waals surface area contributed by atoms with Crippen LogP contribution in [-0.2, 0) is 6.54 Å². The molecule has 18 heavy (non-hydrogen) atoms. The number of H-pyrrole nitrogens is 1. The summed E-state index contributed by atoms with van der Waals surface area (Å²) in [6.45, 7) is 0.949. The Labute approximate surface area is 111 Å². The zero-order valence-electron chi connectivity index (χ0n) is 10.2. The maximum Gasteiger partial charge on any atom is 0.195 e. The minimum absolute atomic E-state index is 0.702. The molecule has 2 aromatic heterocycles. The summed E-state index contributed by atoms with van der Waals surface area (Å²) >= 11 is 5.30. The van der Waals surface area contributed by atoms with Crippen molar-refractivity contribution >= 4 is 12.2 Å². The Morgan fingerprint density at radius 1 is 1.44 bits per heavy atom. The summed E-state index contributed by atoms with van der Waals surface area (Å²) in [5.74, 6) is 1.77. The maximum absolute atomic E-state index is 5.30. The van der Waals surface area contributed by atoms with Gasteiger partial charge in [-0.3, -0.25) is 10.1 Å². The SMILES string of the molecule is S=c1[nH]nc(-c2cccnc2)n1CCC1CCC1. The molecule has 0 unspecified atom stereocenters. The van der Waals surface area contributed by atoms with Crippen LogP contribution in [0.15, 0.2) is 24.5 Å². The lowest BCUT2D eigenvalue weighted by atomic mass is 9.83. The Kier molecular flexibility index (Phi) is 3.23. The van der Waals surface area contributed by atoms with Gasteiger partial charge < -0.3 is 4.57 Å². The highest BCUT2D eigenvalue weighted by Crippen LogP contribution is 2.30. The summed E-state index contributed by atoms with van der Waals surface area (Å²) in [7, 11) is 0. The minimum Gasteiger partial charge on any atom is -0.300 e. The van der Waals surface area contributed by atoms with Crippen LogP contribution < -0.4 is 0 Å². The minimum atomic E-state index is 0.702. The van der Waals surface area contributed by atoms with E-state index < -0.39 is 0 Å². The number of hydrogen-bond acceptors (Lipinski definition) is 3. The lowest BCUT2D eigenvalue weighted by molar-refractivity contribution is 0.282. The first kappa shape index (κ1) is 11.6. The molecule has 1 aliphatic rings. The van der Waals surface area contributed by atoms with Crippen molar-refractivity contribution in [2.24, 2.45) is 5.92 Å². The zero-order chi connectivity index (χ0) is 12.4. The highest BCUT2D eigenvalue weighted by molar-refractivity contribution is 7.71. The smallest absolute Gasteiger partial charge is 0.195 e. The molecule has 5 heteroatoms. The summed E-state index contributed by atoms with van der Waals surface area (Å²) in [6.07, 6.45) is 8.91. The molecule has 94 valence electrons. The van der Waals surface area contributed by atoms with E-state index in [0.29, 0.717) is 4.77 Å². The summed E-state index contributed by atoms with van der Waals surface area (Å²) in [4.78, 5) is 4.13. The highest BCUT2D eigenvalue weighted by Gasteiger charge is 2.18. The van der Waals surface area contributed by atoms with Crippen LogP contribution in [0.2, 0.25) is 0 Å². The lowest BCUT2D eigenvalue weighted by Crippen LogP contribution is -2.14. The van der Waals surface area contributed by atoms with Gasteiger partial charge in [-0.05, 0) is 36.7 Å². The molecular weight excluding hydrogens is 244 g/mol. The van der Waals surface area contributed by atoms with Crippen LogP contribution >= 0.6 is 12.2 Å². The van der Waals surface area contributed by atoms with Gasteiger partial charge in [0, 0.05) is 24.5 Å². The van der Waals surface area contributed by atoms with Gasteiger partial charge in [0.15, 0.2) is 10.6 Å². The Balaban J connectivity index is 1.84. The second kappa shape index (κ2) is 5.02. The molecule has 1 fully saturated rings. The molecule has 1 N–H and O–H groups in total. The number of hydrogen-bond donors (Lipinski definition) is 1. The third-order valence-electron chi connectivity index (χ3n) is 3.66. The second-order valence-electron chi connectivity index (χ2n) is 4.83. The van der Waals surface area contributed by atoms with E-state index in [4.69, 9.17) is 12.2 Å². The molecule has 0 saturated heterocycles. The van der Waals surface area contributed by atoms with Crippen molar-refractivity contribution in [1.82, 2.24) is 19.7 Å². The monoisotopic (exact) mass is 260 g/mol. The average Bonchev–Trinajstić information content (AvgIpc) is 2.70. The second-order valence-corrected chi connectivity index (χ2v) is 5.22. The molecular formula is C13H16N4S. The summed E-state index contributed by atoms with van der Waals surface area (Å²) in [5, 5.41) is 7.20. The molecule has 0 radical (unpaired) electrons. The first-order chi connectivity index (χ1) is 8.84. The molecule has 1 aliphatic carbocycles. The fraction of sp³-hybridized carbons (Fsp3) is 0.462. The van der Waals surface area contributed by atoms with Gasteiger partial charge in [-0.15, -0.1) is 0 Å². The Hall–Kier alpha value is -1.49. The highest BCUT2D eigenvalue weighted by atomic mass is 32.1. The van der Waals surface area contributed by atoms with Crippen LogP contribution in [0.1, 0.15) is 25.7 Å². The van der Waals surface area contributed by atoms with Crippen molar-refractivity contribution in [3.63, 3.8) is 0 Å². The van der Waals surface area contributed by atoms with Crippen molar-refractivity contribution in [2.75, 3.05) is 0 Å². The fourth-order valence-corrected chi connectivity index (χ4v) is 2.56. The molecule has 1 saturated carbocycles. The number of nitrogens with one attached hydrogen (secondary N) is 1. The molecule has 0 atom stereocenters. The van der Waals surface area contributed by atoms with Gasteiger partial charge in [0.25, 0.3) is 0 Å². The summed E-state index contributed by atoms with van der Waals surface area (Å²) in [5.41, 5.74) is 1.01. The Morgan fingerprint density at radius 3 is 3.00 bits per heavy atom. The molecule has 0 aromatic carbocycles. The number of aromatic amines is 1. The van der Waals surface area contributed by atoms with E-state index in [2.05, 4.69) is 19.7 Å². The zero-order valence-corrected chi connectivity index (χ0v) is 11.0. The van der Waals surface area contributed by atoms with E-state index in [1.807, 2.05) is 18.3 Å². The number of rotatable bonds is 4. The maximum atomic E-state index is 5.30. The quantitative estimate of drug-likeness (QED) is 0.859. The predicted molar refractivity (Wildman–Crippen MR) is 72.6 cm³/mol. The van der Waals surface area contributed by atoms with Gasteiger partial charge in [0.1, 0.15) is 0 Å². The molecule has 4 nitrogen and oxygen atoms in total. The van der Waals surface area contributed by atoms with E-state index in [-0.39, 0.29) is 0 Å². The van der Waals surface area contributed by atoms with E-state index in [0.717, 1.165) is 23.9 Å². The predicted octanol–water partition coefficient (Wildman–Crippen LogP) is 3.19. The van der Waals surface area contributed by atoms with Crippen LogP contribution in [-0.4, -0.2) is 19.7 Å². The Bertz CT molecular complexity index is 568. The number of nitrogens with zero attached hydrogens (tertiary/aromatic N) is 3. The van der Waals surface area contributed by atoms with Crippen LogP contribution in [0.25, 0.3) is 11.4 Å². The van der Waals surface area contributed by atoms with Gasteiger partial charge in [0.2, 0.25) is 0 Å². The molecule has 2 heterocycles. The first-order valence-corrected chi connectivity index (χ1v) is 6.81. The van der Waals surface area contributed by atoms with E-state index in [9.17, 15) is 0 Å². The van der Waals surface area contributed by atoms with Crippen molar-refractivity contribution < 1.29 is 0 Å². The van der Waals surface area contributed by atoms with Crippen LogP contribution in [0, 0.1) is 10.7 Å². The third kappa shape index (κ3) is 2.22. The summed E-state index contributed by atoms with van der Waals surface area (Å²) in [6, 6.07) is 3.93. The molecule has 0 bridgehead atoms. The molecule has 3 rings (SSSR count). The van der Waals surface area contributed by atoms with Crippen molar-refractivity contribution in [2.45, 2.75) is 32.2 Å². The van der Waals surface area contributed by atoms with Gasteiger partial charge in [-0.2, -0.15) is 5.10 Å². The van der Waals surface area contributed by atoms with Gasteiger partial charge >= 0.3 is 0 Å². The van der Waals surface area contributed by atoms with Crippen molar-refractivity contribution in [3.8, 4) is 11.4 Å². The molecule has 2 aromatic rings. The molecule has 0 spiro atoms. The number of aromatic nitrogens is 4.